The summed E-state index contributed by atoms with van der Waals surface area (Å²) in [5.41, 5.74) is 0. The minimum atomic E-state index is -0.460. The molecule has 6 heteroatoms. The van der Waals surface area contributed by atoms with Crippen LogP contribution in [0.15, 0.2) is 0 Å². The Morgan fingerprint density at radius 1 is 1.14 bits per heavy atom. The van der Waals surface area contributed by atoms with Crippen LogP contribution in [0.2, 0.25) is 0 Å². The molecule has 0 aromatic heterocycles. The van der Waals surface area contributed by atoms with Crippen LogP contribution in [0.3, 0.4) is 0 Å². The summed E-state index contributed by atoms with van der Waals surface area (Å²) in [5.74, 6) is -0.460. The van der Waals surface area contributed by atoms with Gasteiger partial charge in [0.25, 0.3) is 0 Å². The zero-order valence-electron chi connectivity index (χ0n) is 13.8. The predicted octanol–water partition coefficient (Wildman–Crippen LogP) is 1.39. The van der Waals surface area contributed by atoms with E-state index in [0.717, 1.165) is 19.3 Å². The first-order chi connectivity index (χ1) is 10.6. The van der Waals surface area contributed by atoms with Gasteiger partial charge in [-0.05, 0) is 6.42 Å². The molecule has 1 spiro atoms. The van der Waals surface area contributed by atoms with Crippen LogP contribution in [0.1, 0.15) is 46.0 Å². The number of carbonyl (C=O) groups is 2. The standard InChI is InChI=1S/C16H28N2O4/c1-3-4-5-8-18(14(2)19)13-15(20)17-9-6-16(7-10-17)21-11-12-22-16/h3-13H2,1-2H3. The van der Waals surface area contributed by atoms with Crippen molar-refractivity contribution in [3.63, 3.8) is 0 Å². The van der Waals surface area contributed by atoms with Crippen molar-refractivity contribution in [2.45, 2.75) is 51.7 Å². The van der Waals surface area contributed by atoms with Crippen molar-refractivity contribution in [2.24, 2.45) is 0 Å². The molecular weight excluding hydrogens is 284 g/mol. The van der Waals surface area contributed by atoms with Gasteiger partial charge in [-0.3, -0.25) is 9.59 Å². The highest BCUT2D eigenvalue weighted by Crippen LogP contribution is 2.31. The molecule has 2 saturated heterocycles. The van der Waals surface area contributed by atoms with Gasteiger partial charge in [0.15, 0.2) is 5.79 Å². The lowest BCUT2D eigenvalue weighted by Gasteiger charge is -2.38. The third-order valence-corrected chi connectivity index (χ3v) is 4.49. The van der Waals surface area contributed by atoms with Gasteiger partial charge in [0.05, 0.1) is 19.8 Å². The average molecular weight is 312 g/mol. The van der Waals surface area contributed by atoms with Gasteiger partial charge < -0.3 is 19.3 Å². The molecule has 0 radical (unpaired) electrons. The van der Waals surface area contributed by atoms with Crippen molar-refractivity contribution < 1.29 is 19.1 Å². The monoisotopic (exact) mass is 312 g/mol. The fraction of sp³-hybridized carbons (Fsp3) is 0.875. The second-order valence-electron chi connectivity index (χ2n) is 6.14. The first kappa shape index (κ1) is 17.2. The lowest BCUT2D eigenvalue weighted by molar-refractivity contribution is -0.187. The largest absolute Gasteiger partial charge is 0.347 e. The number of hydrogen-bond acceptors (Lipinski definition) is 4. The van der Waals surface area contributed by atoms with Gasteiger partial charge in [0.2, 0.25) is 11.8 Å². The Labute approximate surface area is 132 Å². The van der Waals surface area contributed by atoms with Crippen molar-refractivity contribution in [1.82, 2.24) is 9.80 Å². The molecule has 0 N–H and O–H groups in total. The van der Waals surface area contributed by atoms with Gasteiger partial charge in [0.1, 0.15) is 0 Å². The van der Waals surface area contributed by atoms with E-state index in [-0.39, 0.29) is 18.4 Å². The van der Waals surface area contributed by atoms with Crippen LogP contribution in [0.25, 0.3) is 0 Å². The maximum atomic E-state index is 12.4. The number of unbranched alkanes of at least 4 members (excludes halogenated alkanes) is 2. The minimum Gasteiger partial charge on any atom is -0.347 e. The molecule has 2 heterocycles. The molecule has 126 valence electrons. The van der Waals surface area contributed by atoms with Crippen LogP contribution >= 0.6 is 0 Å². The van der Waals surface area contributed by atoms with Crippen LogP contribution in [0, 0.1) is 0 Å². The van der Waals surface area contributed by atoms with E-state index in [1.165, 1.54) is 6.92 Å². The van der Waals surface area contributed by atoms with Crippen molar-refractivity contribution in [1.29, 1.82) is 0 Å². The Bertz CT molecular complexity index is 384. The molecule has 0 saturated carbocycles. The molecule has 0 aromatic rings. The molecule has 2 amide bonds. The van der Waals surface area contributed by atoms with E-state index in [1.807, 2.05) is 4.90 Å². The number of likely N-dealkylation sites (tertiary alicyclic amines) is 1. The lowest BCUT2D eigenvalue weighted by Crippen LogP contribution is -2.50. The van der Waals surface area contributed by atoms with E-state index < -0.39 is 5.79 Å². The van der Waals surface area contributed by atoms with E-state index in [2.05, 4.69) is 6.92 Å². The van der Waals surface area contributed by atoms with Crippen LogP contribution in [0.5, 0.6) is 0 Å². The van der Waals surface area contributed by atoms with Crippen LogP contribution in [-0.2, 0) is 19.1 Å². The SMILES string of the molecule is CCCCCN(CC(=O)N1CCC2(CC1)OCCO2)C(C)=O. The molecule has 0 aromatic carbocycles. The summed E-state index contributed by atoms with van der Waals surface area (Å²) < 4.78 is 11.3. The number of ether oxygens (including phenoxy) is 2. The van der Waals surface area contributed by atoms with Crippen molar-refractivity contribution >= 4 is 11.8 Å². The first-order valence-corrected chi connectivity index (χ1v) is 8.37. The Hall–Kier alpha value is -1.14. The van der Waals surface area contributed by atoms with E-state index in [9.17, 15) is 9.59 Å². The van der Waals surface area contributed by atoms with Crippen molar-refractivity contribution in [2.75, 3.05) is 39.4 Å². The van der Waals surface area contributed by atoms with Gasteiger partial charge in [-0.15, -0.1) is 0 Å². The summed E-state index contributed by atoms with van der Waals surface area (Å²) in [5, 5.41) is 0. The predicted molar refractivity (Wildman–Crippen MR) is 82.2 cm³/mol. The topological polar surface area (TPSA) is 59.1 Å². The zero-order chi connectivity index (χ0) is 16.0. The fourth-order valence-electron chi connectivity index (χ4n) is 3.05. The smallest absolute Gasteiger partial charge is 0.242 e. The zero-order valence-corrected chi connectivity index (χ0v) is 13.8. The van der Waals surface area contributed by atoms with Crippen molar-refractivity contribution in [3.05, 3.63) is 0 Å². The minimum absolute atomic E-state index is 0.0274. The molecule has 0 bridgehead atoms. The highest BCUT2D eigenvalue weighted by Gasteiger charge is 2.40. The van der Waals surface area contributed by atoms with E-state index in [0.29, 0.717) is 45.7 Å². The summed E-state index contributed by atoms with van der Waals surface area (Å²) >= 11 is 0. The molecule has 0 aliphatic carbocycles. The third kappa shape index (κ3) is 4.43. The van der Waals surface area contributed by atoms with Crippen LogP contribution < -0.4 is 0 Å². The molecule has 22 heavy (non-hydrogen) atoms. The summed E-state index contributed by atoms with van der Waals surface area (Å²) in [6.45, 7) is 7.07. The number of hydrogen-bond donors (Lipinski definition) is 0. The second-order valence-corrected chi connectivity index (χ2v) is 6.14. The molecule has 6 nitrogen and oxygen atoms in total. The number of amides is 2. The number of carbonyl (C=O) groups excluding carboxylic acids is 2. The van der Waals surface area contributed by atoms with Crippen molar-refractivity contribution in [3.8, 4) is 0 Å². The highest BCUT2D eigenvalue weighted by molar-refractivity contribution is 5.83. The van der Waals surface area contributed by atoms with Gasteiger partial charge in [-0.25, -0.2) is 0 Å². The fourth-order valence-corrected chi connectivity index (χ4v) is 3.05. The Kier molecular flexibility index (Phi) is 6.20. The van der Waals surface area contributed by atoms with E-state index >= 15 is 0 Å². The lowest BCUT2D eigenvalue weighted by atomic mass is 10.0. The Balaban J connectivity index is 1.79. The van der Waals surface area contributed by atoms with Gasteiger partial charge in [-0.2, -0.15) is 0 Å². The maximum absolute atomic E-state index is 12.4. The molecular formula is C16H28N2O4. The quantitative estimate of drug-likeness (QED) is 0.696. The summed E-state index contributed by atoms with van der Waals surface area (Å²) in [7, 11) is 0. The number of piperidine rings is 1. The van der Waals surface area contributed by atoms with Gasteiger partial charge in [0, 0.05) is 39.4 Å². The molecule has 2 fully saturated rings. The van der Waals surface area contributed by atoms with Gasteiger partial charge >= 0.3 is 0 Å². The summed E-state index contributed by atoms with van der Waals surface area (Å²) in [6.07, 6.45) is 4.57. The Morgan fingerprint density at radius 2 is 1.77 bits per heavy atom. The molecule has 2 aliphatic rings. The van der Waals surface area contributed by atoms with E-state index in [1.54, 1.807) is 4.90 Å². The Morgan fingerprint density at radius 3 is 2.32 bits per heavy atom. The average Bonchev–Trinajstić information content (AvgIpc) is 2.95. The number of nitrogens with zero attached hydrogens (tertiary/aromatic N) is 2. The molecule has 0 unspecified atom stereocenters. The molecule has 2 aliphatic heterocycles. The summed E-state index contributed by atoms with van der Waals surface area (Å²) in [4.78, 5) is 27.6. The molecule has 2 rings (SSSR count). The van der Waals surface area contributed by atoms with E-state index in [4.69, 9.17) is 9.47 Å². The second kappa shape index (κ2) is 7.92. The summed E-state index contributed by atoms with van der Waals surface area (Å²) in [6, 6.07) is 0. The molecule has 0 atom stereocenters. The maximum Gasteiger partial charge on any atom is 0.242 e. The normalized spacial score (nSPS) is 20.4. The van der Waals surface area contributed by atoms with Crippen LogP contribution in [-0.4, -0.2) is 66.8 Å². The number of rotatable bonds is 6. The first-order valence-electron chi connectivity index (χ1n) is 8.37. The van der Waals surface area contributed by atoms with Gasteiger partial charge in [-0.1, -0.05) is 19.8 Å². The third-order valence-electron chi connectivity index (χ3n) is 4.49. The van der Waals surface area contributed by atoms with Crippen LogP contribution in [0.4, 0.5) is 0 Å². The highest BCUT2D eigenvalue weighted by atomic mass is 16.7.